The average Bonchev–Trinajstić information content (AvgIpc) is 2.85. The highest BCUT2D eigenvalue weighted by atomic mass is 35.5. The summed E-state index contributed by atoms with van der Waals surface area (Å²) in [4.78, 5) is 0. The Morgan fingerprint density at radius 2 is 2.14 bits per heavy atom. The van der Waals surface area contributed by atoms with Gasteiger partial charge in [-0.25, -0.2) is 0 Å². The van der Waals surface area contributed by atoms with Gasteiger partial charge in [0.15, 0.2) is 0 Å². The van der Waals surface area contributed by atoms with Gasteiger partial charge in [0.25, 0.3) is 0 Å². The fourth-order valence-corrected chi connectivity index (χ4v) is 1.80. The first-order valence-electron chi connectivity index (χ1n) is 5.07. The molecule has 0 saturated heterocycles. The highest BCUT2D eigenvalue weighted by molar-refractivity contribution is 5.85. The van der Waals surface area contributed by atoms with Gasteiger partial charge in [0.1, 0.15) is 0 Å². The molecule has 1 fully saturated rings. The van der Waals surface area contributed by atoms with Crippen molar-refractivity contribution >= 4 is 12.4 Å². The van der Waals surface area contributed by atoms with E-state index in [1.807, 2.05) is 0 Å². The molecule has 1 aromatic rings. The van der Waals surface area contributed by atoms with Gasteiger partial charge in [0.05, 0.1) is 0 Å². The molecule has 2 N–H and O–H groups in total. The van der Waals surface area contributed by atoms with Crippen molar-refractivity contribution in [3.63, 3.8) is 0 Å². The molecular formula is C12H18ClN. The van der Waals surface area contributed by atoms with Crippen molar-refractivity contribution < 1.29 is 0 Å². The van der Waals surface area contributed by atoms with Crippen LogP contribution in [0.3, 0.4) is 0 Å². The van der Waals surface area contributed by atoms with Crippen LogP contribution in [0.25, 0.3) is 0 Å². The van der Waals surface area contributed by atoms with E-state index in [1.54, 1.807) is 0 Å². The molecule has 14 heavy (non-hydrogen) atoms. The summed E-state index contributed by atoms with van der Waals surface area (Å²) >= 11 is 0. The van der Waals surface area contributed by atoms with E-state index in [4.69, 9.17) is 5.73 Å². The summed E-state index contributed by atoms with van der Waals surface area (Å²) < 4.78 is 0. The number of benzene rings is 1. The zero-order chi connectivity index (χ0) is 9.26. The van der Waals surface area contributed by atoms with E-state index in [1.165, 1.54) is 24.0 Å². The Labute approximate surface area is 92.1 Å². The van der Waals surface area contributed by atoms with Crippen molar-refractivity contribution in [2.24, 2.45) is 11.7 Å². The highest BCUT2D eigenvalue weighted by Gasteiger charge is 2.28. The minimum atomic E-state index is 0. The number of halogens is 1. The molecule has 2 heteroatoms. The van der Waals surface area contributed by atoms with Gasteiger partial charge in [0, 0.05) is 6.04 Å². The van der Waals surface area contributed by atoms with Gasteiger partial charge in [-0.1, -0.05) is 29.8 Å². The third-order valence-electron chi connectivity index (χ3n) is 2.78. The second-order valence-electron chi connectivity index (χ2n) is 4.19. The van der Waals surface area contributed by atoms with Crippen LogP contribution < -0.4 is 5.73 Å². The summed E-state index contributed by atoms with van der Waals surface area (Å²) in [7, 11) is 0. The maximum atomic E-state index is 6.06. The number of aryl methyl sites for hydroxylation is 1. The number of hydrogen-bond acceptors (Lipinski definition) is 1. The van der Waals surface area contributed by atoms with Crippen LogP contribution >= 0.6 is 12.4 Å². The van der Waals surface area contributed by atoms with Crippen molar-refractivity contribution in [3.05, 3.63) is 35.4 Å². The molecular weight excluding hydrogens is 194 g/mol. The van der Waals surface area contributed by atoms with E-state index < -0.39 is 0 Å². The van der Waals surface area contributed by atoms with E-state index in [0.717, 1.165) is 12.3 Å². The SMILES string of the molecule is Cc1cccc(CC(N)C2CC2)c1.Cl. The van der Waals surface area contributed by atoms with Gasteiger partial charge < -0.3 is 5.73 Å². The van der Waals surface area contributed by atoms with Crippen LogP contribution in [0.15, 0.2) is 24.3 Å². The summed E-state index contributed by atoms with van der Waals surface area (Å²) in [5.74, 6) is 0.806. The van der Waals surface area contributed by atoms with Crippen molar-refractivity contribution in [1.82, 2.24) is 0 Å². The third-order valence-corrected chi connectivity index (χ3v) is 2.78. The summed E-state index contributed by atoms with van der Waals surface area (Å²) in [5, 5.41) is 0. The molecule has 0 amide bonds. The summed E-state index contributed by atoms with van der Waals surface area (Å²) in [6, 6.07) is 9.05. The van der Waals surface area contributed by atoms with Crippen LogP contribution in [0.1, 0.15) is 24.0 Å². The molecule has 0 radical (unpaired) electrons. The zero-order valence-corrected chi connectivity index (χ0v) is 9.39. The number of rotatable bonds is 3. The van der Waals surface area contributed by atoms with Crippen molar-refractivity contribution in [1.29, 1.82) is 0 Å². The molecule has 0 spiro atoms. The molecule has 0 aliphatic heterocycles. The second kappa shape index (κ2) is 4.81. The summed E-state index contributed by atoms with van der Waals surface area (Å²) in [6.07, 6.45) is 3.73. The molecule has 1 nitrogen and oxygen atoms in total. The zero-order valence-electron chi connectivity index (χ0n) is 8.57. The second-order valence-corrected chi connectivity index (χ2v) is 4.19. The molecule has 1 aliphatic carbocycles. The average molecular weight is 212 g/mol. The molecule has 1 saturated carbocycles. The molecule has 1 atom stereocenters. The minimum absolute atomic E-state index is 0. The van der Waals surface area contributed by atoms with Crippen molar-refractivity contribution in [2.75, 3.05) is 0 Å². The lowest BCUT2D eigenvalue weighted by atomic mass is 10.0. The molecule has 1 unspecified atom stereocenters. The van der Waals surface area contributed by atoms with E-state index in [0.29, 0.717) is 6.04 Å². The first-order valence-corrected chi connectivity index (χ1v) is 5.07. The molecule has 1 aliphatic rings. The van der Waals surface area contributed by atoms with Crippen LogP contribution in [0, 0.1) is 12.8 Å². The standard InChI is InChI=1S/C12H17N.ClH/c1-9-3-2-4-10(7-9)8-12(13)11-5-6-11;/h2-4,7,11-12H,5-6,8,13H2,1H3;1H. The molecule has 0 aromatic heterocycles. The van der Waals surface area contributed by atoms with Crippen molar-refractivity contribution in [2.45, 2.75) is 32.2 Å². The summed E-state index contributed by atoms with van der Waals surface area (Å²) in [5.41, 5.74) is 8.78. The van der Waals surface area contributed by atoms with Gasteiger partial charge >= 0.3 is 0 Å². The van der Waals surface area contributed by atoms with Gasteiger partial charge in [0.2, 0.25) is 0 Å². The lowest BCUT2D eigenvalue weighted by Crippen LogP contribution is -2.24. The topological polar surface area (TPSA) is 26.0 Å². The van der Waals surface area contributed by atoms with Crippen LogP contribution in [0.2, 0.25) is 0 Å². The van der Waals surface area contributed by atoms with Gasteiger partial charge in [-0.05, 0) is 37.7 Å². The predicted octanol–water partition coefficient (Wildman–Crippen LogP) is 2.70. The fraction of sp³-hybridized carbons (Fsp3) is 0.500. The minimum Gasteiger partial charge on any atom is -0.327 e. The monoisotopic (exact) mass is 211 g/mol. The lowest BCUT2D eigenvalue weighted by Gasteiger charge is -2.10. The van der Waals surface area contributed by atoms with Crippen molar-refractivity contribution in [3.8, 4) is 0 Å². The van der Waals surface area contributed by atoms with E-state index in [2.05, 4.69) is 31.2 Å². The molecule has 1 aromatic carbocycles. The summed E-state index contributed by atoms with van der Waals surface area (Å²) in [6.45, 7) is 2.13. The predicted molar refractivity (Wildman–Crippen MR) is 62.8 cm³/mol. The maximum absolute atomic E-state index is 6.06. The Kier molecular flexibility index (Phi) is 3.97. The van der Waals surface area contributed by atoms with E-state index in [9.17, 15) is 0 Å². The Bertz CT molecular complexity index is 294. The highest BCUT2D eigenvalue weighted by Crippen LogP contribution is 2.32. The first kappa shape index (κ1) is 11.5. The van der Waals surface area contributed by atoms with Crippen LogP contribution in [0.5, 0.6) is 0 Å². The van der Waals surface area contributed by atoms with Crippen LogP contribution in [-0.2, 0) is 6.42 Å². The number of hydrogen-bond donors (Lipinski definition) is 1. The Balaban J connectivity index is 0.000000980. The normalized spacial score (nSPS) is 17.3. The van der Waals surface area contributed by atoms with Gasteiger partial charge in [-0.3, -0.25) is 0 Å². The van der Waals surface area contributed by atoms with Crippen LogP contribution in [-0.4, -0.2) is 6.04 Å². The largest absolute Gasteiger partial charge is 0.327 e. The molecule has 78 valence electrons. The third kappa shape index (κ3) is 3.00. The van der Waals surface area contributed by atoms with Gasteiger partial charge in [-0.15, -0.1) is 12.4 Å². The fourth-order valence-electron chi connectivity index (χ4n) is 1.80. The maximum Gasteiger partial charge on any atom is 0.0108 e. The van der Waals surface area contributed by atoms with Gasteiger partial charge in [-0.2, -0.15) is 0 Å². The smallest absolute Gasteiger partial charge is 0.0108 e. The lowest BCUT2D eigenvalue weighted by molar-refractivity contribution is 0.591. The molecule has 0 bridgehead atoms. The van der Waals surface area contributed by atoms with Crippen LogP contribution in [0.4, 0.5) is 0 Å². The Morgan fingerprint density at radius 3 is 2.71 bits per heavy atom. The quantitative estimate of drug-likeness (QED) is 0.818. The van der Waals surface area contributed by atoms with E-state index >= 15 is 0 Å². The first-order chi connectivity index (χ1) is 6.25. The molecule has 2 rings (SSSR count). The Hall–Kier alpha value is -0.530. The molecule has 0 heterocycles. The number of nitrogens with two attached hydrogens (primary N) is 1. The van der Waals surface area contributed by atoms with E-state index in [-0.39, 0.29) is 12.4 Å². The Morgan fingerprint density at radius 1 is 1.43 bits per heavy atom.